The van der Waals surface area contributed by atoms with Gasteiger partial charge in [-0.05, 0) is 19.3 Å². The lowest BCUT2D eigenvalue weighted by atomic mass is 9.84. The first kappa shape index (κ1) is 10.6. The Morgan fingerprint density at radius 1 is 1.60 bits per heavy atom. The predicted octanol–water partition coefficient (Wildman–Crippen LogP) is 1.08. The minimum atomic E-state index is -0.258. The van der Waals surface area contributed by atoms with E-state index in [1.54, 1.807) is 0 Å². The summed E-state index contributed by atoms with van der Waals surface area (Å²) in [7, 11) is 1.37. The van der Waals surface area contributed by atoms with Gasteiger partial charge >= 0.3 is 5.97 Å². The fourth-order valence-electron chi connectivity index (χ4n) is 2.50. The molecule has 0 unspecified atom stereocenters. The second-order valence-corrected chi connectivity index (χ2v) is 4.28. The van der Waals surface area contributed by atoms with E-state index in [4.69, 9.17) is 4.74 Å². The summed E-state index contributed by atoms with van der Waals surface area (Å²) < 4.78 is 10.3. The van der Waals surface area contributed by atoms with E-state index in [9.17, 15) is 9.59 Å². The molecule has 2 rings (SSSR count). The normalized spacial score (nSPS) is 35.0. The average molecular weight is 212 g/mol. The summed E-state index contributed by atoms with van der Waals surface area (Å²) >= 11 is 0. The van der Waals surface area contributed by atoms with E-state index in [1.165, 1.54) is 7.11 Å². The Morgan fingerprint density at radius 3 is 3.07 bits per heavy atom. The maximum absolute atomic E-state index is 11.6. The maximum atomic E-state index is 11.6. The van der Waals surface area contributed by atoms with Crippen LogP contribution in [0.2, 0.25) is 0 Å². The third kappa shape index (κ3) is 2.20. The van der Waals surface area contributed by atoms with Crippen molar-refractivity contribution in [3.8, 4) is 0 Å². The molecule has 2 aliphatic rings. The molecule has 0 bridgehead atoms. The van der Waals surface area contributed by atoms with Gasteiger partial charge < -0.3 is 9.47 Å². The molecule has 0 aromatic rings. The summed E-state index contributed by atoms with van der Waals surface area (Å²) in [6.45, 7) is 0. The van der Waals surface area contributed by atoms with Gasteiger partial charge in [-0.1, -0.05) is 0 Å². The summed E-state index contributed by atoms with van der Waals surface area (Å²) in [6.07, 6.45) is 3.46. The highest BCUT2D eigenvalue weighted by Gasteiger charge is 2.41. The Bertz CT molecular complexity index is 274. The number of Topliss-reactive ketones (excluding diaryl/α,β-unsaturated/α-hetero) is 1. The summed E-state index contributed by atoms with van der Waals surface area (Å²) in [6, 6.07) is 0. The monoisotopic (exact) mass is 212 g/mol. The highest BCUT2D eigenvalue weighted by Crippen LogP contribution is 2.36. The minimum Gasteiger partial charge on any atom is -0.469 e. The molecule has 1 saturated heterocycles. The van der Waals surface area contributed by atoms with Gasteiger partial charge in [0.25, 0.3) is 0 Å². The smallest absolute Gasteiger partial charge is 0.308 e. The van der Waals surface area contributed by atoms with Gasteiger partial charge in [0.2, 0.25) is 0 Å². The molecular formula is C11H16O4. The van der Waals surface area contributed by atoms with Crippen molar-refractivity contribution in [3.05, 3.63) is 0 Å². The standard InChI is InChI=1S/C11H16O4/c1-14-11(13)6-7-5-8-9(12)3-2-4-10(8)15-7/h7-8,10H,2-6H2,1H3/t7-,8+,10-/m1/s1. The molecule has 1 aliphatic carbocycles. The fourth-order valence-corrected chi connectivity index (χ4v) is 2.50. The van der Waals surface area contributed by atoms with Gasteiger partial charge in [0.15, 0.2) is 0 Å². The van der Waals surface area contributed by atoms with Crippen LogP contribution in [0.1, 0.15) is 32.1 Å². The van der Waals surface area contributed by atoms with Gasteiger partial charge in [0.05, 0.1) is 25.7 Å². The molecule has 15 heavy (non-hydrogen) atoms. The Kier molecular flexibility index (Phi) is 3.05. The van der Waals surface area contributed by atoms with Gasteiger partial charge in [-0.15, -0.1) is 0 Å². The molecule has 0 radical (unpaired) electrons. The highest BCUT2D eigenvalue weighted by atomic mass is 16.5. The number of ketones is 1. The van der Waals surface area contributed by atoms with Crippen molar-refractivity contribution in [2.45, 2.75) is 44.3 Å². The first-order valence-electron chi connectivity index (χ1n) is 5.45. The van der Waals surface area contributed by atoms with Crippen LogP contribution < -0.4 is 0 Å². The Balaban J connectivity index is 1.92. The molecule has 84 valence electrons. The van der Waals surface area contributed by atoms with Gasteiger partial charge in [-0.3, -0.25) is 9.59 Å². The summed E-state index contributed by atoms with van der Waals surface area (Å²) in [5, 5.41) is 0. The highest BCUT2D eigenvalue weighted by molar-refractivity contribution is 5.82. The van der Waals surface area contributed by atoms with Crippen LogP contribution >= 0.6 is 0 Å². The summed E-state index contributed by atoms with van der Waals surface area (Å²) in [5.74, 6) is 0.0816. The quantitative estimate of drug-likeness (QED) is 0.643. The molecule has 1 aliphatic heterocycles. The molecule has 0 spiro atoms. The molecule has 3 atom stereocenters. The number of ether oxygens (including phenoxy) is 2. The van der Waals surface area contributed by atoms with E-state index in [2.05, 4.69) is 4.74 Å². The zero-order chi connectivity index (χ0) is 10.8. The predicted molar refractivity (Wildman–Crippen MR) is 52.3 cm³/mol. The minimum absolute atomic E-state index is 0.0356. The van der Waals surface area contributed by atoms with Crippen molar-refractivity contribution in [3.63, 3.8) is 0 Å². The van der Waals surface area contributed by atoms with Crippen LogP contribution in [0, 0.1) is 5.92 Å². The van der Waals surface area contributed by atoms with E-state index in [1.807, 2.05) is 0 Å². The van der Waals surface area contributed by atoms with Crippen molar-refractivity contribution in [2.75, 3.05) is 7.11 Å². The molecular weight excluding hydrogens is 196 g/mol. The van der Waals surface area contributed by atoms with E-state index in [0.717, 1.165) is 12.8 Å². The zero-order valence-electron chi connectivity index (χ0n) is 8.90. The molecule has 0 aromatic heterocycles. The average Bonchev–Trinajstić information content (AvgIpc) is 2.62. The van der Waals surface area contributed by atoms with Crippen LogP contribution in [0.3, 0.4) is 0 Å². The zero-order valence-corrected chi connectivity index (χ0v) is 8.90. The van der Waals surface area contributed by atoms with Crippen molar-refractivity contribution >= 4 is 11.8 Å². The number of fused-ring (bicyclic) bond motifs is 1. The first-order chi connectivity index (χ1) is 7.20. The number of carbonyl (C=O) groups is 2. The van der Waals surface area contributed by atoms with Crippen LogP contribution in [0.4, 0.5) is 0 Å². The number of carbonyl (C=O) groups excluding carboxylic acids is 2. The Morgan fingerprint density at radius 2 is 2.40 bits per heavy atom. The molecule has 1 saturated carbocycles. The summed E-state index contributed by atoms with van der Waals surface area (Å²) in [5.41, 5.74) is 0. The van der Waals surface area contributed by atoms with Crippen LogP contribution in [-0.2, 0) is 19.1 Å². The van der Waals surface area contributed by atoms with Crippen LogP contribution in [-0.4, -0.2) is 31.1 Å². The lowest BCUT2D eigenvalue weighted by molar-refractivity contribution is -0.143. The van der Waals surface area contributed by atoms with Crippen molar-refractivity contribution in [1.29, 1.82) is 0 Å². The molecule has 4 nitrogen and oxygen atoms in total. The van der Waals surface area contributed by atoms with E-state index < -0.39 is 0 Å². The molecule has 0 N–H and O–H groups in total. The lowest BCUT2D eigenvalue weighted by Crippen LogP contribution is -2.28. The Hall–Kier alpha value is -0.900. The topological polar surface area (TPSA) is 52.6 Å². The first-order valence-corrected chi connectivity index (χ1v) is 5.45. The van der Waals surface area contributed by atoms with Crippen molar-refractivity contribution in [1.82, 2.24) is 0 Å². The number of hydrogen-bond acceptors (Lipinski definition) is 4. The van der Waals surface area contributed by atoms with E-state index in [-0.39, 0.29) is 30.5 Å². The van der Waals surface area contributed by atoms with Crippen molar-refractivity contribution in [2.24, 2.45) is 5.92 Å². The van der Waals surface area contributed by atoms with Gasteiger partial charge in [0, 0.05) is 12.3 Å². The number of rotatable bonds is 2. The largest absolute Gasteiger partial charge is 0.469 e. The maximum Gasteiger partial charge on any atom is 0.308 e. The molecule has 4 heteroatoms. The van der Waals surface area contributed by atoms with Crippen LogP contribution in [0.5, 0.6) is 0 Å². The molecule has 0 aromatic carbocycles. The molecule has 2 fully saturated rings. The van der Waals surface area contributed by atoms with Gasteiger partial charge in [-0.2, -0.15) is 0 Å². The van der Waals surface area contributed by atoms with E-state index in [0.29, 0.717) is 18.6 Å². The summed E-state index contributed by atoms with van der Waals surface area (Å²) in [4.78, 5) is 22.6. The third-order valence-corrected chi connectivity index (χ3v) is 3.28. The van der Waals surface area contributed by atoms with Gasteiger partial charge in [0.1, 0.15) is 5.78 Å². The second kappa shape index (κ2) is 4.31. The number of hydrogen-bond donors (Lipinski definition) is 0. The van der Waals surface area contributed by atoms with Crippen LogP contribution in [0.15, 0.2) is 0 Å². The van der Waals surface area contributed by atoms with Crippen molar-refractivity contribution < 1.29 is 19.1 Å². The molecule has 0 amide bonds. The fraction of sp³-hybridized carbons (Fsp3) is 0.818. The Labute approximate surface area is 88.9 Å². The van der Waals surface area contributed by atoms with Gasteiger partial charge in [-0.25, -0.2) is 0 Å². The third-order valence-electron chi connectivity index (χ3n) is 3.28. The SMILES string of the molecule is COC(=O)C[C@H]1C[C@H]2C(=O)CCC[C@H]2O1. The number of esters is 1. The lowest BCUT2D eigenvalue weighted by Gasteiger charge is -2.22. The number of methoxy groups -OCH3 is 1. The van der Waals surface area contributed by atoms with Crippen LogP contribution in [0.25, 0.3) is 0 Å². The van der Waals surface area contributed by atoms with E-state index >= 15 is 0 Å². The molecule has 1 heterocycles. The second-order valence-electron chi connectivity index (χ2n) is 4.28.